The molecule has 1 aromatic heterocycles. The van der Waals surface area contributed by atoms with Crippen molar-refractivity contribution in [2.45, 2.75) is 45.4 Å². The van der Waals surface area contributed by atoms with Gasteiger partial charge in [0.25, 0.3) is 5.89 Å². The Bertz CT molecular complexity index is 727. The quantitative estimate of drug-likeness (QED) is 0.887. The molecule has 0 saturated heterocycles. The molecule has 0 bridgehead atoms. The minimum absolute atomic E-state index is 0.138. The molecule has 0 fully saturated rings. The van der Waals surface area contributed by atoms with Gasteiger partial charge in [-0.05, 0) is 39.8 Å². The topological polar surface area (TPSA) is 86.5 Å². The summed E-state index contributed by atoms with van der Waals surface area (Å²) in [4.78, 5) is 16.3. The van der Waals surface area contributed by atoms with Gasteiger partial charge >= 0.3 is 6.09 Å². The zero-order valence-corrected chi connectivity index (χ0v) is 14.9. The van der Waals surface area contributed by atoms with Gasteiger partial charge in [-0.2, -0.15) is 4.98 Å². The molecule has 136 valence electrons. The molecule has 0 saturated carbocycles. The lowest BCUT2D eigenvalue weighted by molar-refractivity contribution is 0.0325. The SMILES string of the molecule is CO[C@@H](C)[C@@H](NC(=O)OC(C)(C)C)c1nc(-c2cccc(F)c2)no1. The van der Waals surface area contributed by atoms with Gasteiger partial charge in [0.1, 0.15) is 17.5 Å². The second-order valence-electron chi connectivity index (χ2n) is 6.53. The molecule has 25 heavy (non-hydrogen) atoms. The van der Waals surface area contributed by atoms with E-state index in [2.05, 4.69) is 15.5 Å². The number of alkyl carbamates (subject to hydrolysis) is 1. The molecule has 0 aliphatic carbocycles. The van der Waals surface area contributed by atoms with E-state index in [4.69, 9.17) is 14.0 Å². The fraction of sp³-hybridized carbons (Fsp3) is 0.471. The van der Waals surface area contributed by atoms with Crippen LogP contribution in [-0.2, 0) is 9.47 Å². The molecular weight excluding hydrogens is 329 g/mol. The van der Waals surface area contributed by atoms with Crippen molar-refractivity contribution in [2.75, 3.05) is 7.11 Å². The van der Waals surface area contributed by atoms with Crippen LogP contribution in [0.5, 0.6) is 0 Å². The molecule has 7 nitrogen and oxygen atoms in total. The van der Waals surface area contributed by atoms with Crippen LogP contribution in [0.15, 0.2) is 28.8 Å². The first-order chi connectivity index (χ1) is 11.7. The lowest BCUT2D eigenvalue weighted by atomic mass is 10.1. The first kappa shape index (κ1) is 18.9. The summed E-state index contributed by atoms with van der Waals surface area (Å²) >= 11 is 0. The van der Waals surface area contributed by atoms with Gasteiger partial charge in [-0.1, -0.05) is 17.3 Å². The zero-order valence-electron chi connectivity index (χ0n) is 14.9. The highest BCUT2D eigenvalue weighted by Crippen LogP contribution is 2.23. The van der Waals surface area contributed by atoms with E-state index >= 15 is 0 Å². The molecule has 1 heterocycles. The smallest absolute Gasteiger partial charge is 0.408 e. The average molecular weight is 351 g/mol. The number of carbonyl (C=O) groups excluding carboxylic acids is 1. The first-order valence-electron chi connectivity index (χ1n) is 7.81. The fourth-order valence-electron chi connectivity index (χ4n) is 2.06. The van der Waals surface area contributed by atoms with Crippen LogP contribution in [0.2, 0.25) is 0 Å². The summed E-state index contributed by atoms with van der Waals surface area (Å²) in [6.45, 7) is 7.02. The summed E-state index contributed by atoms with van der Waals surface area (Å²) in [5.41, 5.74) is -0.178. The number of nitrogens with zero attached hydrogens (tertiary/aromatic N) is 2. The van der Waals surface area contributed by atoms with Crippen molar-refractivity contribution in [2.24, 2.45) is 0 Å². The van der Waals surface area contributed by atoms with Crippen molar-refractivity contribution in [1.29, 1.82) is 0 Å². The highest BCUT2D eigenvalue weighted by molar-refractivity contribution is 5.68. The van der Waals surface area contributed by atoms with E-state index in [0.29, 0.717) is 5.56 Å². The van der Waals surface area contributed by atoms with Gasteiger partial charge in [0.15, 0.2) is 0 Å². The van der Waals surface area contributed by atoms with E-state index in [1.165, 1.54) is 19.2 Å². The largest absolute Gasteiger partial charge is 0.444 e. The second-order valence-corrected chi connectivity index (χ2v) is 6.53. The van der Waals surface area contributed by atoms with Gasteiger partial charge in [0, 0.05) is 12.7 Å². The Kier molecular flexibility index (Phi) is 5.73. The summed E-state index contributed by atoms with van der Waals surface area (Å²) in [7, 11) is 1.50. The predicted octanol–water partition coefficient (Wildman–Crippen LogP) is 3.48. The Labute approximate surface area is 145 Å². The van der Waals surface area contributed by atoms with Crippen molar-refractivity contribution in [3.05, 3.63) is 36.0 Å². The Morgan fingerprint density at radius 3 is 2.68 bits per heavy atom. The molecular formula is C17H22FN3O4. The number of halogens is 1. The average Bonchev–Trinajstić information content (AvgIpc) is 3.00. The third-order valence-electron chi connectivity index (χ3n) is 3.30. The number of hydrogen-bond donors (Lipinski definition) is 1. The zero-order chi connectivity index (χ0) is 18.6. The van der Waals surface area contributed by atoms with E-state index in [1.54, 1.807) is 39.8 Å². The number of rotatable bonds is 5. The molecule has 0 aliphatic heterocycles. The van der Waals surface area contributed by atoms with Gasteiger partial charge in [-0.3, -0.25) is 0 Å². The van der Waals surface area contributed by atoms with Crippen LogP contribution in [0.25, 0.3) is 11.4 Å². The number of benzene rings is 1. The van der Waals surface area contributed by atoms with Gasteiger partial charge in [0.05, 0.1) is 6.10 Å². The minimum Gasteiger partial charge on any atom is -0.444 e. The van der Waals surface area contributed by atoms with E-state index in [1.807, 2.05) is 0 Å². The van der Waals surface area contributed by atoms with Crippen molar-refractivity contribution >= 4 is 6.09 Å². The number of methoxy groups -OCH3 is 1. The molecule has 1 amide bonds. The maximum atomic E-state index is 13.4. The number of aromatic nitrogens is 2. The third-order valence-corrected chi connectivity index (χ3v) is 3.30. The van der Waals surface area contributed by atoms with Crippen LogP contribution in [0.3, 0.4) is 0 Å². The standard InChI is InChI=1S/C17H22FN3O4/c1-10(23-5)13(19-16(22)24-17(2,3)4)15-20-14(21-25-15)11-7-6-8-12(18)9-11/h6-10,13H,1-5H3,(H,19,22)/t10-,13+/m0/s1. The van der Waals surface area contributed by atoms with Crippen molar-refractivity contribution in [3.63, 3.8) is 0 Å². The minimum atomic E-state index is -0.713. The second kappa shape index (κ2) is 7.60. The molecule has 0 unspecified atom stereocenters. The summed E-state index contributed by atoms with van der Waals surface area (Å²) in [6.07, 6.45) is -1.08. The van der Waals surface area contributed by atoms with Crippen LogP contribution in [0.4, 0.5) is 9.18 Å². The summed E-state index contributed by atoms with van der Waals surface area (Å²) in [6, 6.07) is 5.12. The van der Waals surface area contributed by atoms with Gasteiger partial charge < -0.3 is 19.3 Å². The summed E-state index contributed by atoms with van der Waals surface area (Å²) in [5.74, 6) is -0.0502. The van der Waals surface area contributed by atoms with E-state index in [9.17, 15) is 9.18 Å². The lowest BCUT2D eigenvalue weighted by Crippen LogP contribution is -2.39. The Morgan fingerprint density at radius 2 is 2.08 bits per heavy atom. The van der Waals surface area contributed by atoms with Crippen molar-refractivity contribution in [1.82, 2.24) is 15.5 Å². The maximum Gasteiger partial charge on any atom is 0.408 e. The van der Waals surface area contributed by atoms with Crippen LogP contribution in [-0.4, -0.2) is 35.0 Å². The molecule has 0 spiro atoms. The summed E-state index contributed by atoms with van der Waals surface area (Å²) < 4.78 is 29.1. The van der Waals surface area contributed by atoms with Gasteiger partial charge in [0.2, 0.25) is 5.82 Å². The molecule has 2 rings (SSSR count). The highest BCUT2D eigenvalue weighted by atomic mass is 19.1. The van der Waals surface area contributed by atoms with E-state index in [0.717, 1.165) is 0 Å². The van der Waals surface area contributed by atoms with Crippen LogP contribution in [0, 0.1) is 5.82 Å². The monoisotopic (exact) mass is 351 g/mol. The molecule has 2 atom stereocenters. The molecule has 0 radical (unpaired) electrons. The van der Waals surface area contributed by atoms with Crippen molar-refractivity contribution < 1.29 is 23.2 Å². The first-order valence-corrected chi connectivity index (χ1v) is 7.81. The summed E-state index contributed by atoms with van der Waals surface area (Å²) in [5, 5.41) is 6.51. The molecule has 1 aromatic carbocycles. The van der Waals surface area contributed by atoms with Crippen LogP contribution < -0.4 is 5.32 Å². The van der Waals surface area contributed by atoms with E-state index < -0.39 is 29.7 Å². The number of carbonyl (C=O) groups is 1. The third kappa shape index (κ3) is 5.25. The van der Waals surface area contributed by atoms with Crippen molar-refractivity contribution in [3.8, 4) is 11.4 Å². The fourth-order valence-corrected chi connectivity index (χ4v) is 2.06. The highest BCUT2D eigenvalue weighted by Gasteiger charge is 2.29. The molecule has 1 N–H and O–H groups in total. The van der Waals surface area contributed by atoms with Gasteiger partial charge in [-0.15, -0.1) is 0 Å². The Hall–Kier alpha value is -2.48. The molecule has 0 aliphatic rings. The lowest BCUT2D eigenvalue weighted by Gasteiger charge is -2.24. The molecule has 2 aromatic rings. The number of ether oxygens (including phenoxy) is 2. The number of amides is 1. The molecule has 8 heteroatoms. The number of hydrogen-bond acceptors (Lipinski definition) is 6. The predicted molar refractivity (Wildman–Crippen MR) is 88.3 cm³/mol. The van der Waals surface area contributed by atoms with E-state index in [-0.39, 0.29) is 11.7 Å². The normalized spacial score (nSPS) is 14.0. The Balaban J connectivity index is 2.23. The van der Waals surface area contributed by atoms with Gasteiger partial charge in [-0.25, -0.2) is 9.18 Å². The number of nitrogens with one attached hydrogen (secondary N) is 1. The van der Waals surface area contributed by atoms with Crippen LogP contribution >= 0.6 is 0 Å². The van der Waals surface area contributed by atoms with Crippen LogP contribution in [0.1, 0.15) is 39.6 Å². The maximum absolute atomic E-state index is 13.4. The Morgan fingerprint density at radius 1 is 1.36 bits per heavy atom.